The van der Waals surface area contributed by atoms with E-state index < -0.39 is 0 Å². The molecule has 0 amide bonds. The van der Waals surface area contributed by atoms with Gasteiger partial charge < -0.3 is 0 Å². The molecule has 0 aromatic carbocycles. The third-order valence-corrected chi connectivity index (χ3v) is 4.89. The van der Waals surface area contributed by atoms with Gasteiger partial charge in [-0.05, 0) is 45.7 Å². The van der Waals surface area contributed by atoms with Gasteiger partial charge in [0.25, 0.3) is 0 Å². The average Bonchev–Trinajstić information content (AvgIpc) is 2.42. The third-order valence-electron chi connectivity index (χ3n) is 4.89. The summed E-state index contributed by atoms with van der Waals surface area (Å²) >= 11 is 0. The molecule has 17 heavy (non-hydrogen) atoms. The van der Waals surface area contributed by atoms with Crippen molar-refractivity contribution in [3.8, 4) is 0 Å². The molecular formula is C16H33N. The zero-order chi connectivity index (χ0) is 12.6. The highest BCUT2D eigenvalue weighted by Crippen LogP contribution is 2.25. The van der Waals surface area contributed by atoms with Crippen LogP contribution in [-0.4, -0.2) is 23.5 Å². The highest BCUT2D eigenvalue weighted by Gasteiger charge is 2.27. The van der Waals surface area contributed by atoms with Gasteiger partial charge in [0, 0.05) is 5.54 Å². The van der Waals surface area contributed by atoms with E-state index in [1.54, 1.807) is 0 Å². The minimum absolute atomic E-state index is 0.452. The van der Waals surface area contributed by atoms with Gasteiger partial charge in [0.1, 0.15) is 0 Å². The Morgan fingerprint density at radius 3 is 1.41 bits per heavy atom. The van der Waals surface area contributed by atoms with Crippen LogP contribution in [-0.2, 0) is 0 Å². The summed E-state index contributed by atoms with van der Waals surface area (Å²) in [4.78, 5) is 2.79. The van der Waals surface area contributed by atoms with Crippen LogP contribution in [0.1, 0.15) is 85.0 Å². The topological polar surface area (TPSA) is 3.24 Å². The fourth-order valence-electron chi connectivity index (χ4n) is 3.01. The van der Waals surface area contributed by atoms with E-state index >= 15 is 0 Å². The van der Waals surface area contributed by atoms with Crippen LogP contribution < -0.4 is 0 Å². The minimum atomic E-state index is 0.452. The van der Waals surface area contributed by atoms with Crippen molar-refractivity contribution in [2.75, 3.05) is 13.1 Å². The first kappa shape index (κ1) is 15.0. The van der Waals surface area contributed by atoms with Gasteiger partial charge in [0.2, 0.25) is 0 Å². The van der Waals surface area contributed by atoms with Crippen LogP contribution in [0.15, 0.2) is 0 Å². The van der Waals surface area contributed by atoms with Crippen molar-refractivity contribution in [2.24, 2.45) is 0 Å². The number of nitrogens with zero attached hydrogens (tertiary/aromatic N) is 1. The zero-order valence-electron chi connectivity index (χ0n) is 12.4. The van der Waals surface area contributed by atoms with E-state index in [0.29, 0.717) is 5.54 Å². The lowest BCUT2D eigenvalue weighted by Crippen LogP contribution is -2.46. The molecule has 1 saturated heterocycles. The average molecular weight is 239 g/mol. The van der Waals surface area contributed by atoms with Crippen LogP contribution in [0.3, 0.4) is 0 Å². The molecule has 0 spiro atoms. The maximum atomic E-state index is 2.79. The van der Waals surface area contributed by atoms with E-state index in [4.69, 9.17) is 0 Å². The third kappa shape index (κ3) is 4.99. The Bertz CT molecular complexity index is 172. The summed E-state index contributed by atoms with van der Waals surface area (Å²) in [6, 6.07) is 0. The van der Waals surface area contributed by atoms with Gasteiger partial charge in [0.15, 0.2) is 0 Å². The maximum Gasteiger partial charge on any atom is 0.0176 e. The van der Waals surface area contributed by atoms with Crippen molar-refractivity contribution in [1.29, 1.82) is 0 Å². The lowest BCUT2D eigenvalue weighted by atomic mass is 9.92. The van der Waals surface area contributed by atoms with Gasteiger partial charge in [-0.1, -0.05) is 52.4 Å². The first-order valence-electron chi connectivity index (χ1n) is 7.98. The maximum absolute atomic E-state index is 2.79. The van der Waals surface area contributed by atoms with Crippen LogP contribution in [0.2, 0.25) is 0 Å². The highest BCUT2D eigenvalue weighted by atomic mass is 15.2. The Morgan fingerprint density at radius 1 is 0.706 bits per heavy atom. The summed E-state index contributed by atoms with van der Waals surface area (Å²) in [7, 11) is 0. The second-order valence-corrected chi connectivity index (χ2v) is 6.02. The summed E-state index contributed by atoms with van der Waals surface area (Å²) in [5.74, 6) is 0. The number of hydrogen-bond donors (Lipinski definition) is 0. The predicted octanol–water partition coefficient (Wildman–Crippen LogP) is 5.00. The molecule has 0 aliphatic carbocycles. The van der Waals surface area contributed by atoms with Gasteiger partial charge in [-0.15, -0.1) is 0 Å². The quantitative estimate of drug-likeness (QED) is 0.670. The molecule has 0 atom stereocenters. The Balaban J connectivity index is 2.52. The van der Waals surface area contributed by atoms with Gasteiger partial charge in [0.05, 0.1) is 0 Å². The van der Waals surface area contributed by atoms with E-state index in [9.17, 15) is 0 Å². The summed E-state index contributed by atoms with van der Waals surface area (Å²) < 4.78 is 0. The number of hydrogen-bond acceptors (Lipinski definition) is 1. The predicted molar refractivity (Wildman–Crippen MR) is 77.5 cm³/mol. The van der Waals surface area contributed by atoms with Crippen LogP contribution in [0, 0.1) is 0 Å². The van der Waals surface area contributed by atoms with E-state index in [2.05, 4.69) is 25.7 Å². The fourth-order valence-corrected chi connectivity index (χ4v) is 3.01. The van der Waals surface area contributed by atoms with Crippen molar-refractivity contribution in [3.63, 3.8) is 0 Å². The molecule has 102 valence electrons. The summed E-state index contributed by atoms with van der Waals surface area (Å²) in [6.45, 7) is 9.84. The van der Waals surface area contributed by atoms with Crippen LogP contribution in [0.25, 0.3) is 0 Å². The summed E-state index contributed by atoms with van der Waals surface area (Å²) in [5, 5.41) is 0. The standard InChI is InChI=1S/C16H33N/c1-4-16(3,5-2)17-14-12-10-8-6-7-9-11-13-15-17/h4-15H2,1-3H3. The minimum Gasteiger partial charge on any atom is -0.298 e. The molecule has 0 radical (unpaired) electrons. The Labute approximate surface area is 109 Å². The molecule has 1 fully saturated rings. The van der Waals surface area contributed by atoms with Crippen LogP contribution in [0.5, 0.6) is 0 Å². The van der Waals surface area contributed by atoms with E-state index in [1.807, 2.05) is 0 Å². The molecule has 1 heterocycles. The number of rotatable bonds is 3. The Hall–Kier alpha value is -0.0400. The van der Waals surface area contributed by atoms with E-state index in [-0.39, 0.29) is 0 Å². The van der Waals surface area contributed by atoms with Crippen LogP contribution >= 0.6 is 0 Å². The smallest absolute Gasteiger partial charge is 0.0176 e. The largest absolute Gasteiger partial charge is 0.298 e. The van der Waals surface area contributed by atoms with Crippen LogP contribution in [0.4, 0.5) is 0 Å². The molecular weight excluding hydrogens is 206 g/mol. The zero-order valence-corrected chi connectivity index (χ0v) is 12.4. The molecule has 0 N–H and O–H groups in total. The Morgan fingerprint density at radius 2 is 1.06 bits per heavy atom. The molecule has 1 rings (SSSR count). The van der Waals surface area contributed by atoms with Gasteiger partial charge >= 0.3 is 0 Å². The Kier molecular flexibility index (Phi) is 7.18. The fraction of sp³-hybridized carbons (Fsp3) is 1.00. The first-order valence-corrected chi connectivity index (χ1v) is 7.98. The first-order chi connectivity index (χ1) is 8.23. The van der Waals surface area contributed by atoms with Crippen molar-refractivity contribution in [1.82, 2.24) is 4.90 Å². The van der Waals surface area contributed by atoms with E-state index in [1.165, 1.54) is 77.3 Å². The van der Waals surface area contributed by atoms with Crippen molar-refractivity contribution in [2.45, 2.75) is 90.5 Å². The lowest BCUT2D eigenvalue weighted by Gasteiger charge is -2.40. The summed E-state index contributed by atoms with van der Waals surface area (Å²) in [5.41, 5.74) is 0.452. The normalized spacial score (nSPS) is 22.1. The SMILES string of the molecule is CCC(C)(CC)N1CCCCCCCCCC1. The van der Waals surface area contributed by atoms with Gasteiger partial charge in [-0.25, -0.2) is 0 Å². The van der Waals surface area contributed by atoms with E-state index in [0.717, 1.165) is 0 Å². The second-order valence-electron chi connectivity index (χ2n) is 6.02. The molecule has 0 unspecified atom stereocenters. The molecule has 0 saturated carbocycles. The molecule has 1 aliphatic heterocycles. The molecule has 0 aromatic rings. The van der Waals surface area contributed by atoms with Gasteiger partial charge in [-0.2, -0.15) is 0 Å². The molecule has 0 bridgehead atoms. The monoisotopic (exact) mass is 239 g/mol. The summed E-state index contributed by atoms with van der Waals surface area (Å²) in [6.07, 6.45) is 14.2. The molecule has 1 nitrogen and oxygen atoms in total. The second kappa shape index (κ2) is 8.13. The molecule has 1 heteroatoms. The lowest BCUT2D eigenvalue weighted by molar-refractivity contribution is 0.0902. The highest BCUT2D eigenvalue weighted by molar-refractivity contribution is 4.83. The molecule has 1 aliphatic rings. The van der Waals surface area contributed by atoms with Crippen molar-refractivity contribution < 1.29 is 0 Å². The van der Waals surface area contributed by atoms with Crippen molar-refractivity contribution in [3.05, 3.63) is 0 Å². The molecule has 0 aromatic heterocycles. The van der Waals surface area contributed by atoms with Gasteiger partial charge in [-0.3, -0.25) is 4.90 Å². The van der Waals surface area contributed by atoms with Crippen molar-refractivity contribution >= 4 is 0 Å².